The van der Waals surface area contributed by atoms with Gasteiger partial charge in [-0.3, -0.25) is 0 Å². The number of carboxylic acids is 1. The van der Waals surface area contributed by atoms with Crippen LogP contribution in [0.5, 0.6) is 0 Å². The molecule has 0 saturated heterocycles. The summed E-state index contributed by atoms with van der Waals surface area (Å²) in [7, 11) is 0. The highest BCUT2D eigenvalue weighted by Gasteiger charge is 2.41. The zero-order chi connectivity index (χ0) is 12.3. The fourth-order valence-corrected chi connectivity index (χ4v) is 2.22. The van der Waals surface area contributed by atoms with E-state index >= 15 is 0 Å². The molecule has 0 radical (unpaired) electrons. The molecule has 1 aliphatic carbocycles. The van der Waals surface area contributed by atoms with Crippen molar-refractivity contribution in [1.82, 2.24) is 4.98 Å². The Hall–Kier alpha value is -2.09. The summed E-state index contributed by atoms with van der Waals surface area (Å²) in [6.45, 7) is 0. The summed E-state index contributed by atoms with van der Waals surface area (Å²) in [6, 6.07) is 5.19. The van der Waals surface area contributed by atoms with Crippen molar-refractivity contribution < 1.29 is 9.90 Å². The van der Waals surface area contributed by atoms with Crippen LogP contribution in [0.4, 0.5) is 5.69 Å². The Bertz CT molecular complexity index is 473. The zero-order valence-corrected chi connectivity index (χ0v) is 9.31. The van der Waals surface area contributed by atoms with E-state index in [-0.39, 0.29) is 5.69 Å². The Balaban J connectivity index is 2.24. The maximum Gasteiger partial charge on any atom is 0.329 e. The van der Waals surface area contributed by atoms with Gasteiger partial charge in [-0.05, 0) is 25.0 Å². The van der Waals surface area contributed by atoms with Crippen LogP contribution in [-0.2, 0) is 4.79 Å². The molecule has 0 unspecified atom stereocenters. The topological polar surface area (TPSA) is 86.0 Å². The number of hydrogen-bond acceptors (Lipinski definition) is 4. The first-order valence-electron chi connectivity index (χ1n) is 5.54. The van der Waals surface area contributed by atoms with Crippen LogP contribution in [0.2, 0.25) is 0 Å². The lowest BCUT2D eigenvalue weighted by molar-refractivity contribution is -0.142. The third-order valence-electron chi connectivity index (χ3n) is 3.12. The molecule has 1 aromatic rings. The number of nitrogens with zero attached hydrogens (tertiary/aromatic N) is 2. The Morgan fingerprint density at radius 3 is 2.82 bits per heavy atom. The molecule has 1 saturated carbocycles. The van der Waals surface area contributed by atoms with Crippen molar-refractivity contribution in [3.8, 4) is 6.07 Å². The van der Waals surface area contributed by atoms with Crippen molar-refractivity contribution >= 4 is 11.7 Å². The predicted octanol–water partition coefficient (Wildman–Crippen LogP) is 1.76. The van der Waals surface area contributed by atoms with Gasteiger partial charge in [-0.2, -0.15) is 5.26 Å². The number of carbonyl (C=O) groups is 1. The minimum absolute atomic E-state index is 0.286. The Morgan fingerprint density at radius 2 is 2.24 bits per heavy atom. The highest BCUT2D eigenvalue weighted by Crippen LogP contribution is 2.33. The molecule has 88 valence electrons. The SMILES string of the molecule is N#Cc1cc(NC2(C(=O)O)CCCC2)ccn1. The van der Waals surface area contributed by atoms with Crippen molar-refractivity contribution in [1.29, 1.82) is 5.26 Å². The van der Waals surface area contributed by atoms with Gasteiger partial charge in [0.25, 0.3) is 0 Å². The second-order valence-corrected chi connectivity index (χ2v) is 4.26. The molecule has 5 nitrogen and oxygen atoms in total. The van der Waals surface area contributed by atoms with Crippen LogP contribution in [0.3, 0.4) is 0 Å². The summed E-state index contributed by atoms with van der Waals surface area (Å²) < 4.78 is 0. The lowest BCUT2D eigenvalue weighted by atomic mass is 9.97. The van der Waals surface area contributed by atoms with E-state index in [1.807, 2.05) is 6.07 Å². The molecule has 1 aromatic heterocycles. The van der Waals surface area contributed by atoms with Crippen molar-refractivity contribution in [2.75, 3.05) is 5.32 Å². The van der Waals surface area contributed by atoms with Crippen molar-refractivity contribution in [2.45, 2.75) is 31.2 Å². The molecule has 17 heavy (non-hydrogen) atoms. The number of aliphatic carboxylic acids is 1. The molecular weight excluding hydrogens is 218 g/mol. The molecule has 0 aliphatic heterocycles. The zero-order valence-electron chi connectivity index (χ0n) is 9.31. The fourth-order valence-electron chi connectivity index (χ4n) is 2.22. The number of rotatable bonds is 3. The van der Waals surface area contributed by atoms with Gasteiger partial charge in [0, 0.05) is 11.9 Å². The Morgan fingerprint density at radius 1 is 1.53 bits per heavy atom. The number of hydrogen-bond donors (Lipinski definition) is 2. The summed E-state index contributed by atoms with van der Waals surface area (Å²) in [5, 5.41) is 21.1. The summed E-state index contributed by atoms with van der Waals surface area (Å²) in [5.74, 6) is -0.828. The molecule has 2 N–H and O–H groups in total. The molecule has 0 atom stereocenters. The van der Waals surface area contributed by atoms with Gasteiger partial charge in [0.05, 0.1) is 0 Å². The monoisotopic (exact) mass is 231 g/mol. The summed E-state index contributed by atoms with van der Waals surface area (Å²) in [4.78, 5) is 15.2. The van der Waals surface area contributed by atoms with Gasteiger partial charge >= 0.3 is 5.97 Å². The van der Waals surface area contributed by atoms with E-state index in [1.54, 1.807) is 12.1 Å². The van der Waals surface area contributed by atoms with Crippen LogP contribution in [-0.4, -0.2) is 21.6 Å². The molecule has 0 spiro atoms. The van der Waals surface area contributed by atoms with Gasteiger partial charge in [0.1, 0.15) is 17.3 Å². The molecule has 5 heteroatoms. The summed E-state index contributed by atoms with van der Waals surface area (Å²) in [6.07, 6.45) is 4.56. The highest BCUT2D eigenvalue weighted by atomic mass is 16.4. The number of anilines is 1. The lowest BCUT2D eigenvalue weighted by Crippen LogP contribution is -2.43. The van der Waals surface area contributed by atoms with Crippen LogP contribution in [0.1, 0.15) is 31.4 Å². The summed E-state index contributed by atoms with van der Waals surface area (Å²) in [5.41, 5.74) is 0.0445. The van der Waals surface area contributed by atoms with Gasteiger partial charge in [-0.25, -0.2) is 9.78 Å². The van der Waals surface area contributed by atoms with Crippen LogP contribution in [0.25, 0.3) is 0 Å². The Kier molecular flexibility index (Phi) is 2.96. The molecule has 1 heterocycles. The van der Waals surface area contributed by atoms with Crippen molar-refractivity contribution in [2.24, 2.45) is 0 Å². The standard InChI is InChI=1S/C12H13N3O2/c13-8-10-7-9(3-6-14-10)15-12(11(16)17)4-1-2-5-12/h3,6-7H,1-2,4-5H2,(H,14,15)(H,16,17). The Labute approximate surface area is 99.1 Å². The van der Waals surface area contributed by atoms with E-state index in [9.17, 15) is 9.90 Å². The minimum atomic E-state index is -0.881. The first-order valence-corrected chi connectivity index (χ1v) is 5.54. The third-order valence-corrected chi connectivity index (χ3v) is 3.12. The van der Waals surface area contributed by atoms with Gasteiger partial charge in [-0.1, -0.05) is 12.8 Å². The molecule has 0 amide bonds. The number of nitrogens with one attached hydrogen (secondary N) is 1. The molecule has 1 aliphatic rings. The number of pyridine rings is 1. The number of nitriles is 1. The van der Waals surface area contributed by atoms with Crippen molar-refractivity contribution in [3.63, 3.8) is 0 Å². The largest absolute Gasteiger partial charge is 0.480 e. The molecule has 0 bridgehead atoms. The van der Waals surface area contributed by atoms with Crippen LogP contribution in [0, 0.1) is 11.3 Å². The quantitative estimate of drug-likeness (QED) is 0.827. The molecule has 1 fully saturated rings. The molecule has 0 aromatic carbocycles. The first kappa shape index (κ1) is 11.4. The van der Waals surface area contributed by atoms with E-state index in [0.29, 0.717) is 18.5 Å². The fraction of sp³-hybridized carbons (Fsp3) is 0.417. The van der Waals surface area contributed by atoms with E-state index in [2.05, 4.69) is 10.3 Å². The minimum Gasteiger partial charge on any atom is -0.480 e. The summed E-state index contributed by atoms with van der Waals surface area (Å²) >= 11 is 0. The normalized spacial score (nSPS) is 17.4. The van der Waals surface area contributed by atoms with E-state index in [4.69, 9.17) is 5.26 Å². The van der Waals surface area contributed by atoms with E-state index < -0.39 is 11.5 Å². The average Bonchev–Trinajstić information content (AvgIpc) is 2.79. The first-order chi connectivity index (χ1) is 8.16. The maximum atomic E-state index is 11.3. The van der Waals surface area contributed by atoms with Gasteiger partial charge in [0.2, 0.25) is 0 Å². The smallest absolute Gasteiger partial charge is 0.329 e. The van der Waals surface area contributed by atoms with Gasteiger partial charge < -0.3 is 10.4 Å². The maximum absolute atomic E-state index is 11.3. The second-order valence-electron chi connectivity index (χ2n) is 4.26. The average molecular weight is 231 g/mol. The van der Waals surface area contributed by atoms with E-state index in [0.717, 1.165) is 12.8 Å². The second kappa shape index (κ2) is 4.42. The molecule has 2 rings (SSSR count). The number of aromatic nitrogens is 1. The van der Waals surface area contributed by atoms with Crippen LogP contribution < -0.4 is 5.32 Å². The van der Waals surface area contributed by atoms with Crippen LogP contribution >= 0.6 is 0 Å². The van der Waals surface area contributed by atoms with Gasteiger partial charge in [0.15, 0.2) is 0 Å². The van der Waals surface area contributed by atoms with Crippen molar-refractivity contribution in [3.05, 3.63) is 24.0 Å². The third kappa shape index (κ3) is 2.21. The van der Waals surface area contributed by atoms with Crippen LogP contribution in [0.15, 0.2) is 18.3 Å². The lowest BCUT2D eigenvalue weighted by Gasteiger charge is -2.26. The highest BCUT2D eigenvalue weighted by molar-refractivity contribution is 5.83. The van der Waals surface area contributed by atoms with Gasteiger partial charge in [-0.15, -0.1) is 0 Å². The number of carboxylic acid groups (broad SMARTS) is 1. The van der Waals surface area contributed by atoms with E-state index in [1.165, 1.54) is 6.20 Å². The molecular formula is C12H13N3O2. The predicted molar refractivity (Wildman–Crippen MR) is 61.4 cm³/mol.